The third-order valence-electron chi connectivity index (χ3n) is 4.78. The molecule has 0 spiro atoms. The Hall–Kier alpha value is -2.50. The molecular weight excluding hydrogens is 358 g/mol. The van der Waals surface area contributed by atoms with Crippen molar-refractivity contribution in [2.24, 2.45) is 0 Å². The normalized spacial score (nSPS) is 14.9. The molecule has 1 unspecified atom stereocenters. The summed E-state index contributed by atoms with van der Waals surface area (Å²) in [5, 5.41) is 9.90. The number of carboxylic acid groups (broad SMARTS) is 1. The Morgan fingerprint density at radius 2 is 1.85 bits per heavy atom. The third-order valence-corrected chi connectivity index (χ3v) is 5.72. The number of allylic oxidation sites excluding steroid dienone is 1. The Bertz CT molecular complexity index is 941. The molecule has 0 bridgehead atoms. The molecule has 5 heteroatoms. The van der Waals surface area contributed by atoms with Gasteiger partial charge in [0.05, 0.1) is 5.57 Å². The monoisotopic (exact) mass is 381 g/mol. The summed E-state index contributed by atoms with van der Waals surface area (Å²) < 4.78 is 11.6. The Morgan fingerprint density at radius 3 is 2.41 bits per heavy atom. The van der Waals surface area contributed by atoms with Gasteiger partial charge in [0.15, 0.2) is 4.90 Å². The minimum Gasteiger partial charge on any atom is -0.612 e. The Morgan fingerprint density at radius 1 is 1.19 bits per heavy atom. The van der Waals surface area contributed by atoms with Gasteiger partial charge in [0.2, 0.25) is 0 Å². The molecule has 0 saturated heterocycles. The summed E-state index contributed by atoms with van der Waals surface area (Å²) in [6.07, 6.45) is 4.08. The Balaban J connectivity index is 2.07. The van der Waals surface area contributed by atoms with Crippen molar-refractivity contribution >= 4 is 34.5 Å². The average Bonchev–Trinajstić information content (AvgIpc) is 2.94. The van der Waals surface area contributed by atoms with Gasteiger partial charge in [-0.15, -0.1) is 0 Å². The number of rotatable bonds is 5. The molecule has 0 radical (unpaired) electrons. The van der Waals surface area contributed by atoms with E-state index in [1.165, 1.54) is 0 Å². The molecule has 4 nitrogen and oxygen atoms in total. The fourth-order valence-electron chi connectivity index (χ4n) is 3.37. The first-order chi connectivity index (χ1) is 12.8. The summed E-state index contributed by atoms with van der Waals surface area (Å²) in [5.41, 5.74) is 6.09. The van der Waals surface area contributed by atoms with Crippen LogP contribution in [0.5, 0.6) is 0 Å². The van der Waals surface area contributed by atoms with Crippen LogP contribution in [0.25, 0.3) is 11.6 Å². The Labute approximate surface area is 163 Å². The molecule has 1 aliphatic rings. The van der Waals surface area contributed by atoms with Crippen molar-refractivity contribution in [2.45, 2.75) is 18.2 Å². The van der Waals surface area contributed by atoms with Crippen molar-refractivity contribution in [3.8, 4) is 0 Å². The van der Waals surface area contributed by atoms with Crippen molar-refractivity contribution in [1.29, 1.82) is 0 Å². The van der Waals surface area contributed by atoms with E-state index in [4.69, 9.17) is 0 Å². The minimum atomic E-state index is -1.05. The molecule has 140 valence electrons. The number of fused-ring (bicyclic) bond motifs is 1. The van der Waals surface area contributed by atoms with Gasteiger partial charge in [0.25, 0.3) is 0 Å². The van der Waals surface area contributed by atoms with Gasteiger partial charge >= 0.3 is 5.97 Å². The minimum absolute atomic E-state index is 0.285. The van der Waals surface area contributed by atoms with Crippen molar-refractivity contribution in [3.63, 3.8) is 0 Å². The fourth-order valence-corrected chi connectivity index (χ4v) is 3.89. The number of carboxylic acids is 1. The molecule has 2 aromatic rings. The second-order valence-corrected chi connectivity index (χ2v) is 8.33. The van der Waals surface area contributed by atoms with Gasteiger partial charge in [-0.2, -0.15) is 0 Å². The molecule has 1 N–H and O–H groups in total. The zero-order valence-electron chi connectivity index (χ0n) is 15.9. The molecule has 1 aliphatic carbocycles. The van der Waals surface area contributed by atoms with E-state index in [1.807, 2.05) is 38.1 Å². The summed E-state index contributed by atoms with van der Waals surface area (Å²) in [7, 11) is 3.94. The van der Waals surface area contributed by atoms with Gasteiger partial charge in [0, 0.05) is 19.8 Å². The van der Waals surface area contributed by atoms with Crippen molar-refractivity contribution in [1.82, 2.24) is 0 Å². The lowest BCUT2D eigenvalue weighted by molar-refractivity contribution is -0.132. The summed E-state index contributed by atoms with van der Waals surface area (Å²) in [5.74, 6) is -0.949. The number of hydrogen-bond acceptors (Lipinski definition) is 3. The van der Waals surface area contributed by atoms with E-state index in [-0.39, 0.29) is 5.57 Å². The smallest absolute Gasteiger partial charge is 0.336 e. The number of anilines is 1. The molecule has 2 aromatic carbocycles. The van der Waals surface area contributed by atoms with Crippen LogP contribution < -0.4 is 4.90 Å². The van der Waals surface area contributed by atoms with Crippen LogP contribution in [0, 0.1) is 0 Å². The highest BCUT2D eigenvalue weighted by atomic mass is 32.2. The number of aliphatic carboxylic acids is 1. The molecule has 0 saturated carbocycles. The first-order valence-corrected chi connectivity index (χ1v) is 10.2. The predicted molar refractivity (Wildman–Crippen MR) is 111 cm³/mol. The molecule has 0 fully saturated rings. The molecule has 3 rings (SSSR count). The van der Waals surface area contributed by atoms with Crippen LogP contribution in [0.3, 0.4) is 0 Å². The largest absolute Gasteiger partial charge is 0.612 e. The predicted octanol–water partition coefficient (Wildman–Crippen LogP) is 3.99. The molecule has 0 heterocycles. The molecule has 27 heavy (non-hydrogen) atoms. The zero-order valence-corrected chi connectivity index (χ0v) is 16.8. The quantitative estimate of drug-likeness (QED) is 0.628. The maximum absolute atomic E-state index is 12.1. The van der Waals surface area contributed by atoms with Crippen molar-refractivity contribution in [2.75, 3.05) is 25.3 Å². The van der Waals surface area contributed by atoms with Crippen LogP contribution >= 0.6 is 0 Å². The highest BCUT2D eigenvalue weighted by molar-refractivity contribution is 7.90. The second kappa shape index (κ2) is 7.62. The topological polar surface area (TPSA) is 63.6 Å². The van der Waals surface area contributed by atoms with Crippen LogP contribution in [0.1, 0.15) is 23.6 Å². The van der Waals surface area contributed by atoms with Crippen molar-refractivity contribution < 1.29 is 14.5 Å². The van der Waals surface area contributed by atoms with E-state index in [9.17, 15) is 14.5 Å². The summed E-state index contributed by atoms with van der Waals surface area (Å²) in [4.78, 5) is 14.8. The second-order valence-electron chi connectivity index (χ2n) is 6.95. The van der Waals surface area contributed by atoms with Gasteiger partial charge in [-0.05, 0) is 89.3 Å². The lowest BCUT2D eigenvalue weighted by Gasteiger charge is -2.15. The van der Waals surface area contributed by atoms with Gasteiger partial charge < -0.3 is 14.6 Å². The van der Waals surface area contributed by atoms with E-state index in [2.05, 4.69) is 18.2 Å². The molecule has 0 amide bonds. The van der Waals surface area contributed by atoms with Crippen LogP contribution in [0.2, 0.25) is 0 Å². The number of nitrogens with zero attached hydrogens (tertiary/aromatic N) is 1. The first-order valence-electron chi connectivity index (χ1n) is 8.67. The van der Waals surface area contributed by atoms with Gasteiger partial charge in [-0.25, -0.2) is 4.79 Å². The maximum atomic E-state index is 12.1. The van der Waals surface area contributed by atoms with Crippen LogP contribution in [0.4, 0.5) is 5.69 Å². The van der Waals surface area contributed by atoms with Crippen LogP contribution in [-0.2, 0) is 22.4 Å². The molecule has 1 atom stereocenters. The lowest BCUT2D eigenvalue weighted by Crippen LogP contribution is -2.09. The Kier molecular flexibility index (Phi) is 5.44. The molecule has 0 aliphatic heterocycles. The van der Waals surface area contributed by atoms with E-state index in [1.54, 1.807) is 24.5 Å². The summed E-state index contributed by atoms with van der Waals surface area (Å²) in [6, 6.07) is 13.4. The number of hydrogen-bond donors (Lipinski definition) is 1. The van der Waals surface area contributed by atoms with E-state index in [0.717, 1.165) is 44.8 Å². The summed E-state index contributed by atoms with van der Waals surface area (Å²) in [6.45, 7) is 1.99. The van der Waals surface area contributed by atoms with E-state index in [0.29, 0.717) is 0 Å². The first kappa shape index (κ1) is 19.3. The zero-order chi connectivity index (χ0) is 19.7. The SMILES string of the molecule is CC1=C(C(=Cc2ccc([S+](C)[O-])cc2)C(=O)O)c2cc(N(C)C)ccc2C1. The van der Waals surface area contributed by atoms with Crippen LogP contribution in [0.15, 0.2) is 58.5 Å². The van der Waals surface area contributed by atoms with Gasteiger partial charge in [0.1, 0.15) is 6.26 Å². The molecule has 0 aromatic heterocycles. The van der Waals surface area contributed by atoms with E-state index < -0.39 is 17.1 Å². The number of benzene rings is 2. The third kappa shape index (κ3) is 3.94. The maximum Gasteiger partial charge on any atom is 0.336 e. The lowest BCUT2D eigenvalue weighted by atomic mass is 9.95. The van der Waals surface area contributed by atoms with Crippen molar-refractivity contribution in [3.05, 3.63) is 70.3 Å². The summed E-state index contributed by atoms with van der Waals surface area (Å²) >= 11 is -1.05. The van der Waals surface area contributed by atoms with E-state index >= 15 is 0 Å². The van der Waals surface area contributed by atoms with Crippen LogP contribution in [-0.4, -0.2) is 36.0 Å². The highest BCUT2D eigenvalue weighted by Gasteiger charge is 2.26. The number of carbonyl (C=O) groups is 1. The van der Waals surface area contributed by atoms with Gasteiger partial charge in [-0.1, -0.05) is 11.6 Å². The average molecular weight is 381 g/mol. The fraction of sp³-hybridized carbons (Fsp3) is 0.227. The molecular formula is C22H23NO3S. The van der Waals surface area contributed by atoms with Gasteiger partial charge in [-0.3, -0.25) is 0 Å². The standard InChI is InChI=1S/C22H23NO3S/c1-14-11-16-7-8-17(23(2)3)13-19(16)21(14)20(22(24)25)12-15-5-9-18(10-6-15)27(4)26/h5-10,12-13H,11H2,1-4H3,(H,24,25). The highest BCUT2D eigenvalue weighted by Crippen LogP contribution is 2.40.